The summed E-state index contributed by atoms with van der Waals surface area (Å²) in [5, 5.41) is 1.17. The lowest BCUT2D eigenvalue weighted by molar-refractivity contribution is 0.368. The van der Waals surface area contributed by atoms with Crippen LogP contribution in [0.2, 0.25) is 0 Å². The Morgan fingerprint density at radius 3 is 2.89 bits per heavy atom. The van der Waals surface area contributed by atoms with Crippen LogP contribution in [0.3, 0.4) is 0 Å². The number of hydrogen-bond donors (Lipinski definition) is 2. The minimum Gasteiger partial charge on any atom is -0.271 e. The Morgan fingerprint density at radius 2 is 2.17 bits per heavy atom. The molecule has 3 nitrogen and oxygen atoms in total. The van der Waals surface area contributed by atoms with Crippen LogP contribution in [-0.2, 0) is 0 Å². The predicted molar refractivity (Wildman–Crippen MR) is 75.9 cm³/mol. The molecule has 0 fully saturated rings. The zero-order valence-electron chi connectivity index (χ0n) is 11.1. The summed E-state index contributed by atoms with van der Waals surface area (Å²) >= 11 is 0. The monoisotopic (exact) mass is 243 g/mol. The Bertz CT molecular complexity index is 510. The molecule has 0 aliphatic rings. The number of nitrogens with two attached hydrogens (primary N) is 1. The van der Waals surface area contributed by atoms with Gasteiger partial charge in [0.15, 0.2) is 0 Å². The van der Waals surface area contributed by atoms with Crippen molar-refractivity contribution in [2.75, 3.05) is 0 Å². The van der Waals surface area contributed by atoms with Crippen LogP contribution in [0.5, 0.6) is 0 Å². The Balaban J connectivity index is 2.33. The number of nitrogens with one attached hydrogen (secondary N) is 1. The van der Waals surface area contributed by atoms with Gasteiger partial charge in [-0.3, -0.25) is 16.3 Å². The molecule has 0 aliphatic heterocycles. The number of aromatic nitrogens is 1. The van der Waals surface area contributed by atoms with Gasteiger partial charge in [-0.2, -0.15) is 0 Å². The summed E-state index contributed by atoms with van der Waals surface area (Å²) in [4.78, 5) is 4.34. The minimum absolute atomic E-state index is 0.203. The highest BCUT2D eigenvalue weighted by atomic mass is 15.2. The van der Waals surface area contributed by atoms with E-state index in [0.717, 1.165) is 5.52 Å². The highest BCUT2D eigenvalue weighted by Crippen LogP contribution is 2.26. The third-order valence-electron chi connectivity index (χ3n) is 3.48. The van der Waals surface area contributed by atoms with Crippen molar-refractivity contribution in [3.05, 3.63) is 42.1 Å². The fourth-order valence-corrected chi connectivity index (χ4v) is 2.50. The van der Waals surface area contributed by atoms with Crippen LogP contribution in [0.25, 0.3) is 10.9 Å². The topological polar surface area (TPSA) is 50.9 Å². The standard InChI is InChI=1S/C15H21N3/c1-3-5-11(2)15(18-16)13-7-8-14-12(10-13)6-4-9-17-14/h4,6-11,15,18H,3,5,16H2,1-2H3. The average molecular weight is 243 g/mol. The second-order valence-electron chi connectivity index (χ2n) is 4.87. The van der Waals surface area contributed by atoms with Crippen LogP contribution < -0.4 is 11.3 Å². The molecule has 0 saturated heterocycles. The molecule has 0 saturated carbocycles. The van der Waals surface area contributed by atoms with Gasteiger partial charge in [0.2, 0.25) is 0 Å². The molecule has 0 spiro atoms. The fourth-order valence-electron chi connectivity index (χ4n) is 2.50. The first kappa shape index (κ1) is 13.0. The molecule has 0 radical (unpaired) electrons. The summed E-state index contributed by atoms with van der Waals surface area (Å²) in [5.41, 5.74) is 5.21. The van der Waals surface area contributed by atoms with Gasteiger partial charge in [-0.05, 0) is 36.1 Å². The van der Waals surface area contributed by atoms with Crippen LogP contribution in [-0.4, -0.2) is 4.98 Å². The largest absolute Gasteiger partial charge is 0.271 e. The highest BCUT2D eigenvalue weighted by molar-refractivity contribution is 5.79. The van der Waals surface area contributed by atoms with Gasteiger partial charge in [0.1, 0.15) is 0 Å². The van der Waals surface area contributed by atoms with E-state index in [0.29, 0.717) is 5.92 Å². The third kappa shape index (κ3) is 2.68. The highest BCUT2D eigenvalue weighted by Gasteiger charge is 2.17. The van der Waals surface area contributed by atoms with Crippen molar-refractivity contribution in [2.24, 2.45) is 11.8 Å². The van der Waals surface area contributed by atoms with E-state index in [9.17, 15) is 0 Å². The zero-order valence-corrected chi connectivity index (χ0v) is 11.1. The van der Waals surface area contributed by atoms with Crippen molar-refractivity contribution < 1.29 is 0 Å². The summed E-state index contributed by atoms with van der Waals surface area (Å²) in [5.74, 6) is 6.24. The lowest BCUT2D eigenvalue weighted by Crippen LogP contribution is -2.32. The van der Waals surface area contributed by atoms with Crippen molar-refractivity contribution in [3.63, 3.8) is 0 Å². The van der Waals surface area contributed by atoms with Crippen LogP contribution in [0, 0.1) is 5.92 Å². The van der Waals surface area contributed by atoms with Gasteiger partial charge >= 0.3 is 0 Å². The fraction of sp³-hybridized carbons (Fsp3) is 0.400. The van der Waals surface area contributed by atoms with E-state index in [1.807, 2.05) is 12.3 Å². The van der Waals surface area contributed by atoms with Crippen molar-refractivity contribution >= 4 is 10.9 Å². The molecular formula is C15H21N3. The first-order valence-corrected chi connectivity index (χ1v) is 6.57. The Kier molecular flexibility index (Phi) is 4.28. The first-order chi connectivity index (χ1) is 8.76. The van der Waals surface area contributed by atoms with Crippen LogP contribution in [0.1, 0.15) is 38.3 Å². The molecule has 2 rings (SSSR count). The molecule has 1 heterocycles. The van der Waals surface area contributed by atoms with Crippen molar-refractivity contribution in [3.8, 4) is 0 Å². The number of rotatable bonds is 5. The Morgan fingerprint density at radius 1 is 1.33 bits per heavy atom. The summed E-state index contributed by atoms with van der Waals surface area (Å²) in [6, 6.07) is 10.6. The van der Waals surface area contributed by atoms with E-state index >= 15 is 0 Å². The smallest absolute Gasteiger partial charge is 0.0702 e. The normalized spacial score (nSPS) is 14.6. The van der Waals surface area contributed by atoms with E-state index in [1.54, 1.807) is 0 Å². The molecule has 3 heteroatoms. The van der Waals surface area contributed by atoms with Gasteiger partial charge < -0.3 is 0 Å². The lowest BCUT2D eigenvalue weighted by atomic mass is 9.91. The SMILES string of the molecule is CCCC(C)C(NN)c1ccc2ncccc2c1. The molecule has 1 aromatic carbocycles. The third-order valence-corrected chi connectivity index (χ3v) is 3.48. The lowest BCUT2D eigenvalue weighted by Gasteiger charge is -2.23. The first-order valence-electron chi connectivity index (χ1n) is 6.57. The molecule has 2 unspecified atom stereocenters. The van der Waals surface area contributed by atoms with Crippen molar-refractivity contribution in [1.82, 2.24) is 10.4 Å². The molecule has 2 aromatic rings. The average Bonchev–Trinajstić information content (AvgIpc) is 2.40. The second-order valence-corrected chi connectivity index (χ2v) is 4.87. The summed E-state index contributed by atoms with van der Waals surface area (Å²) in [6.45, 7) is 4.44. The molecule has 3 N–H and O–H groups in total. The van der Waals surface area contributed by atoms with Gasteiger partial charge in [0.25, 0.3) is 0 Å². The van der Waals surface area contributed by atoms with E-state index in [2.05, 4.69) is 48.5 Å². The molecule has 0 bridgehead atoms. The Labute approximate surface area is 108 Å². The number of hydrogen-bond acceptors (Lipinski definition) is 3. The van der Waals surface area contributed by atoms with Crippen LogP contribution in [0.4, 0.5) is 0 Å². The van der Waals surface area contributed by atoms with Crippen molar-refractivity contribution in [1.29, 1.82) is 0 Å². The van der Waals surface area contributed by atoms with E-state index < -0.39 is 0 Å². The van der Waals surface area contributed by atoms with Crippen molar-refractivity contribution in [2.45, 2.75) is 32.7 Å². The molecule has 0 aliphatic carbocycles. The van der Waals surface area contributed by atoms with E-state index in [1.165, 1.54) is 23.8 Å². The van der Waals surface area contributed by atoms with Gasteiger partial charge in [-0.25, -0.2) is 0 Å². The second kappa shape index (κ2) is 5.94. The number of pyridine rings is 1. The number of fused-ring (bicyclic) bond motifs is 1. The summed E-state index contributed by atoms with van der Waals surface area (Å²) < 4.78 is 0. The summed E-state index contributed by atoms with van der Waals surface area (Å²) in [7, 11) is 0. The van der Waals surface area contributed by atoms with Crippen LogP contribution in [0.15, 0.2) is 36.5 Å². The molecule has 2 atom stereocenters. The Hall–Kier alpha value is -1.45. The summed E-state index contributed by atoms with van der Waals surface area (Å²) in [6.07, 6.45) is 4.16. The maximum atomic E-state index is 5.71. The molecule has 0 amide bonds. The minimum atomic E-state index is 0.203. The molecule has 96 valence electrons. The van der Waals surface area contributed by atoms with Gasteiger partial charge in [-0.15, -0.1) is 0 Å². The maximum Gasteiger partial charge on any atom is 0.0702 e. The quantitative estimate of drug-likeness (QED) is 0.626. The molecular weight excluding hydrogens is 222 g/mol. The maximum absolute atomic E-state index is 5.71. The van der Waals surface area contributed by atoms with Gasteiger partial charge in [0.05, 0.1) is 5.52 Å². The zero-order chi connectivity index (χ0) is 13.0. The van der Waals surface area contributed by atoms with Crippen LogP contribution >= 0.6 is 0 Å². The molecule has 18 heavy (non-hydrogen) atoms. The number of benzene rings is 1. The number of hydrazine groups is 1. The number of nitrogens with zero attached hydrogens (tertiary/aromatic N) is 1. The van der Waals surface area contributed by atoms with Gasteiger partial charge in [0, 0.05) is 17.6 Å². The van der Waals surface area contributed by atoms with E-state index in [-0.39, 0.29) is 6.04 Å². The van der Waals surface area contributed by atoms with E-state index in [4.69, 9.17) is 5.84 Å². The van der Waals surface area contributed by atoms with Gasteiger partial charge in [-0.1, -0.05) is 32.4 Å². The predicted octanol–water partition coefficient (Wildman–Crippen LogP) is 3.18. The molecule has 1 aromatic heterocycles.